The van der Waals surface area contributed by atoms with Crippen molar-refractivity contribution in [1.29, 1.82) is 0 Å². The number of hydrogen-bond donors (Lipinski definition) is 0. The second-order valence-electron chi connectivity index (χ2n) is 4.69. The zero-order valence-corrected chi connectivity index (χ0v) is 10.4. The summed E-state index contributed by atoms with van der Waals surface area (Å²) in [5.41, 5.74) is -1.11. The normalized spacial score (nSPS) is 33.5. The fraction of sp³-hybridized carbons (Fsp3) is 0.833. The molecule has 0 aromatic carbocycles. The third kappa shape index (κ3) is 1.48. The third-order valence-corrected chi connectivity index (χ3v) is 4.19. The summed E-state index contributed by atoms with van der Waals surface area (Å²) in [7, 11) is 4.23. The van der Waals surface area contributed by atoms with E-state index in [9.17, 15) is 9.59 Å². The molecule has 0 bridgehead atoms. The first-order valence-electron chi connectivity index (χ1n) is 5.84. The Kier molecular flexibility index (Phi) is 3.12. The van der Waals surface area contributed by atoms with Gasteiger partial charge in [0.05, 0.1) is 20.3 Å². The van der Waals surface area contributed by atoms with E-state index < -0.39 is 17.4 Å². The topological polar surface area (TPSA) is 61.8 Å². The largest absolute Gasteiger partial charge is 0.468 e. The summed E-state index contributed by atoms with van der Waals surface area (Å²) in [5, 5.41) is 0. The van der Waals surface area contributed by atoms with Crippen molar-refractivity contribution in [3.05, 3.63) is 0 Å². The molecule has 0 aromatic heterocycles. The number of ether oxygens (including phenoxy) is 3. The van der Waals surface area contributed by atoms with E-state index in [2.05, 4.69) is 0 Å². The molecule has 0 aliphatic heterocycles. The lowest BCUT2D eigenvalue weighted by molar-refractivity contribution is -0.163. The van der Waals surface area contributed by atoms with Gasteiger partial charge in [0, 0.05) is 13.0 Å². The Balaban J connectivity index is 2.31. The van der Waals surface area contributed by atoms with Crippen LogP contribution in [0.15, 0.2) is 0 Å². The van der Waals surface area contributed by atoms with Gasteiger partial charge >= 0.3 is 11.9 Å². The van der Waals surface area contributed by atoms with Gasteiger partial charge in [-0.1, -0.05) is 6.42 Å². The predicted molar refractivity (Wildman–Crippen MR) is 58.1 cm³/mol. The summed E-state index contributed by atoms with van der Waals surface area (Å²) in [5.74, 6) is -1.03. The molecule has 0 amide bonds. The standard InChI is InChI=1S/C12H18O5/c1-15-8-6-4-5-7-9(8)12(7,10(13)16-2)11(14)17-3/h7-9H,4-6H2,1-3H3/t7-,8+,9-/m0/s1. The van der Waals surface area contributed by atoms with Crippen LogP contribution in [0.1, 0.15) is 19.3 Å². The highest BCUT2D eigenvalue weighted by Crippen LogP contribution is 2.67. The molecule has 0 aromatic rings. The smallest absolute Gasteiger partial charge is 0.323 e. The number of methoxy groups -OCH3 is 3. The van der Waals surface area contributed by atoms with Crippen LogP contribution in [0.25, 0.3) is 0 Å². The van der Waals surface area contributed by atoms with Crippen LogP contribution in [-0.4, -0.2) is 39.4 Å². The highest BCUT2D eigenvalue weighted by molar-refractivity contribution is 6.04. The second kappa shape index (κ2) is 4.29. The number of carbonyl (C=O) groups excluding carboxylic acids is 2. The minimum atomic E-state index is -1.11. The predicted octanol–water partition coefficient (Wildman–Crippen LogP) is 0.764. The fourth-order valence-electron chi connectivity index (χ4n) is 3.43. The molecule has 5 nitrogen and oxygen atoms in total. The lowest BCUT2D eigenvalue weighted by atomic mass is 9.97. The monoisotopic (exact) mass is 242 g/mol. The van der Waals surface area contributed by atoms with Crippen LogP contribution < -0.4 is 0 Å². The van der Waals surface area contributed by atoms with Gasteiger partial charge in [0.1, 0.15) is 0 Å². The van der Waals surface area contributed by atoms with Crippen LogP contribution in [0.4, 0.5) is 0 Å². The molecule has 0 saturated heterocycles. The van der Waals surface area contributed by atoms with Crippen molar-refractivity contribution in [2.45, 2.75) is 25.4 Å². The molecule has 0 unspecified atom stereocenters. The van der Waals surface area contributed by atoms with Crippen molar-refractivity contribution in [3.8, 4) is 0 Å². The molecule has 2 fully saturated rings. The van der Waals surface area contributed by atoms with Gasteiger partial charge in [-0.05, 0) is 18.8 Å². The van der Waals surface area contributed by atoms with Crippen LogP contribution >= 0.6 is 0 Å². The van der Waals surface area contributed by atoms with Crippen molar-refractivity contribution in [1.82, 2.24) is 0 Å². The van der Waals surface area contributed by atoms with E-state index in [4.69, 9.17) is 14.2 Å². The van der Waals surface area contributed by atoms with Crippen molar-refractivity contribution in [3.63, 3.8) is 0 Å². The number of rotatable bonds is 3. The maximum absolute atomic E-state index is 11.9. The number of hydrogen-bond acceptors (Lipinski definition) is 5. The first-order chi connectivity index (χ1) is 8.14. The maximum atomic E-state index is 11.9. The molecule has 2 rings (SSSR count). The van der Waals surface area contributed by atoms with Gasteiger partial charge in [0.25, 0.3) is 0 Å². The van der Waals surface area contributed by atoms with Crippen molar-refractivity contribution in [2.75, 3.05) is 21.3 Å². The molecule has 0 radical (unpaired) electrons. The van der Waals surface area contributed by atoms with Crippen LogP contribution in [-0.2, 0) is 23.8 Å². The maximum Gasteiger partial charge on any atom is 0.323 e. The van der Waals surface area contributed by atoms with Crippen LogP contribution in [0, 0.1) is 17.3 Å². The van der Waals surface area contributed by atoms with Gasteiger partial charge < -0.3 is 14.2 Å². The van der Waals surface area contributed by atoms with Gasteiger partial charge in [-0.2, -0.15) is 0 Å². The number of carbonyl (C=O) groups is 2. The summed E-state index contributed by atoms with van der Waals surface area (Å²) >= 11 is 0. The van der Waals surface area contributed by atoms with Crippen molar-refractivity contribution in [2.24, 2.45) is 17.3 Å². The van der Waals surface area contributed by atoms with Gasteiger partial charge in [0.15, 0.2) is 5.41 Å². The lowest BCUT2D eigenvalue weighted by Crippen LogP contribution is -2.33. The molecule has 2 aliphatic rings. The summed E-state index contributed by atoms with van der Waals surface area (Å²) in [6.45, 7) is 0. The second-order valence-corrected chi connectivity index (χ2v) is 4.69. The molecule has 2 aliphatic carbocycles. The van der Waals surface area contributed by atoms with E-state index in [1.807, 2.05) is 0 Å². The zero-order chi connectivity index (χ0) is 12.6. The molecule has 96 valence electrons. The Morgan fingerprint density at radius 3 is 2.12 bits per heavy atom. The Morgan fingerprint density at radius 1 is 1.06 bits per heavy atom. The minimum absolute atomic E-state index is 0.0149. The van der Waals surface area contributed by atoms with Crippen molar-refractivity contribution < 1.29 is 23.8 Å². The molecule has 0 heterocycles. The Labute approximate surface area is 100 Å². The number of esters is 2. The minimum Gasteiger partial charge on any atom is -0.468 e. The summed E-state index contributed by atoms with van der Waals surface area (Å²) in [6, 6.07) is 0. The fourth-order valence-corrected chi connectivity index (χ4v) is 3.43. The zero-order valence-electron chi connectivity index (χ0n) is 10.4. The highest BCUT2D eigenvalue weighted by atomic mass is 16.5. The van der Waals surface area contributed by atoms with E-state index in [1.165, 1.54) is 14.2 Å². The van der Waals surface area contributed by atoms with Crippen LogP contribution in [0.5, 0.6) is 0 Å². The molecule has 0 N–H and O–H groups in total. The van der Waals surface area contributed by atoms with E-state index in [0.29, 0.717) is 0 Å². The van der Waals surface area contributed by atoms with Crippen LogP contribution in [0.3, 0.4) is 0 Å². The molecular weight excluding hydrogens is 224 g/mol. The summed E-state index contributed by atoms with van der Waals surface area (Å²) < 4.78 is 15.0. The SMILES string of the molecule is COC(=O)C1(C(=O)OC)[C@@H]2[C@H](OC)CCC[C@@H]21. The number of fused-ring (bicyclic) bond motifs is 1. The van der Waals surface area contributed by atoms with E-state index in [1.54, 1.807) is 7.11 Å². The molecule has 3 atom stereocenters. The summed E-state index contributed by atoms with van der Waals surface area (Å²) in [4.78, 5) is 23.9. The van der Waals surface area contributed by atoms with Gasteiger partial charge in [-0.25, -0.2) is 0 Å². The van der Waals surface area contributed by atoms with E-state index >= 15 is 0 Å². The summed E-state index contributed by atoms with van der Waals surface area (Å²) in [6.07, 6.45) is 2.66. The van der Waals surface area contributed by atoms with Gasteiger partial charge in [0.2, 0.25) is 0 Å². The first-order valence-corrected chi connectivity index (χ1v) is 5.84. The Bertz CT molecular complexity index is 322. The Morgan fingerprint density at radius 2 is 1.65 bits per heavy atom. The lowest BCUT2D eigenvalue weighted by Gasteiger charge is -2.19. The van der Waals surface area contributed by atoms with Gasteiger partial charge in [-0.3, -0.25) is 9.59 Å². The van der Waals surface area contributed by atoms with Crippen LogP contribution in [0.2, 0.25) is 0 Å². The quantitative estimate of drug-likeness (QED) is 0.540. The molecule has 2 saturated carbocycles. The average Bonchev–Trinajstić information content (AvgIpc) is 3.06. The Hall–Kier alpha value is -1.10. The third-order valence-electron chi connectivity index (χ3n) is 4.19. The van der Waals surface area contributed by atoms with E-state index in [0.717, 1.165) is 19.3 Å². The highest BCUT2D eigenvalue weighted by Gasteiger charge is 2.78. The molecular formula is C12H18O5. The molecule has 0 spiro atoms. The molecule has 5 heteroatoms. The average molecular weight is 242 g/mol. The molecule has 17 heavy (non-hydrogen) atoms. The first kappa shape index (κ1) is 12.4. The van der Waals surface area contributed by atoms with E-state index in [-0.39, 0.29) is 17.9 Å². The van der Waals surface area contributed by atoms with Gasteiger partial charge in [-0.15, -0.1) is 0 Å². The van der Waals surface area contributed by atoms with Crippen molar-refractivity contribution >= 4 is 11.9 Å².